The zero-order valence-electron chi connectivity index (χ0n) is 12.4. The molecule has 1 saturated carbocycles. The van der Waals surface area contributed by atoms with Crippen LogP contribution in [0.25, 0.3) is 0 Å². The van der Waals surface area contributed by atoms with E-state index in [-0.39, 0.29) is 6.04 Å². The molecule has 1 aliphatic rings. The Labute approximate surface area is 125 Å². The molecule has 0 spiro atoms. The zero-order valence-corrected chi connectivity index (χ0v) is 12.4. The zero-order chi connectivity index (χ0) is 14.5. The van der Waals surface area contributed by atoms with E-state index in [9.17, 15) is 0 Å². The van der Waals surface area contributed by atoms with Crippen LogP contribution in [0, 0.1) is 0 Å². The van der Waals surface area contributed by atoms with Gasteiger partial charge in [0.05, 0.1) is 5.69 Å². The minimum absolute atomic E-state index is 0.223. The van der Waals surface area contributed by atoms with Crippen LogP contribution in [0.4, 0.5) is 5.95 Å². The second-order valence-electron chi connectivity index (χ2n) is 5.73. The van der Waals surface area contributed by atoms with E-state index in [0.717, 1.165) is 18.1 Å². The van der Waals surface area contributed by atoms with Crippen molar-refractivity contribution in [1.29, 1.82) is 0 Å². The Kier molecular flexibility index (Phi) is 4.38. The van der Waals surface area contributed by atoms with Gasteiger partial charge in [-0.15, -0.1) is 0 Å². The van der Waals surface area contributed by atoms with Gasteiger partial charge in [-0.2, -0.15) is 0 Å². The lowest BCUT2D eigenvalue weighted by molar-refractivity contribution is 0.689. The number of aromatic nitrogens is 4. The van der Waals surface area contributed by atoms with Crippen molar-refractivity contribution in [2.45, 2.75) is 51.0 Å². The van der Waals surface area contributed by atoms with Gasteiger partial charge in [0.2, 0.25) is 5.95 Å². The van der Waals surface area contributed by atoms with E-state index in [0.29, 0.717) is 5.92 Å². The highest BCUT2D eigenvalue weighted by Gasteiger charge is 2.19. The van der Waals surface area contributed by atoms with Crippen molar-refractivity contribution < 1.29 is 0 Å². The van der Waals surface area contributed by atoms with E-state index < -0.39 is 0 Å². The summed E-state index contributed by atoms with van der Waals surface area (Å²) in [5.74, 6) is 1.33. The van der Waals surface area contributed by atoms with E-state index in [2.05, 4.69) is 38.2 Å². The van der Waals surface area contributed by atoms with Gasteiger partial charge in [0.25, 0.3) is 0 Å². The van der Waals surface area contributed by atoms with Crippen molar-refractivity contribution in [1.82, 2.24) is 19.9 Å². The highest BCUT2D eigenvalue weighted by molar-refractivity contribution is 5.28. The van der Waals surface area contributed by atoms with E-state index in [4.69, 9.17) is 0 Å². The number of rotatable bonds is 5. The lowest BCUT2D eigenvalue weighted by Gasteiger charge is -2.15. The first-order valence-electron chi connectivity index (χ1n) is 7.65. The van der Waals surface area contributed by atoms with E-state index in [1.54, 1.807) is 18.6 Å². The Morgan fingerprint density at radius 1 is 1.19 bits per heavy atom. The second-order valence-corrected chi connectivity index (χ2v) is 5.73. The SMILES string of the molecule is C[C@@H](Cc1cnccn1)Nc1nccc(C2CCCC2)n1. The summed E-state index contributed by atoms with van der Waals surface area (Å²) < 4.78 is 0. The predicted molar refractivity (Wildman–Crippen MR) is 82.1 cm³/mol. The van der Waals surface area contributed by atoms with E-state index in [1.165, 1.54) is 31.4 Å². The third-order valence-corrected chi connectivity index (χ3v) is 3.96. The number of hydrogen-bond acceptors (Lipinski definition) is 5. The molecule has 0 unspecified atom stereocenters. The van der Waals surface area contributed by atoms with Crippen LogP contribution in [0.2, 0.25) is 0 Å². The van der Waals surface area contributed by atoms with Gasteiger partial charge in [-0.05, 0) is 25.8 Å². The van der Waals surface area contributed by atoms with Crippen LogP contribution in [0.1, 0.15) is 49.9 Å². The Morgan fingerprint density at radius 2 is 2.05 bits per heavy atom. The van der Waals surface area contributed by atoms with Gasteiger partial charge in [-0.3, -0.25) is 9.97 Å². The summed E-state index contributed by atoms with van der Waals surface area (Å²) in [5, 5.41) is 3.36. The molecule has 0 bridgehead atoms. The molecule has 2 aromatic rings. The molecule has 21 heavy (non-hydrogen) atoms. The Balaban J connectivity index is 1.63. The summed E-state index contributed by atoms with van der Waals surface area (Å²) in [5.41, 5.74) is 2.15. The molecule has 1 atom stereocenters. The Hall–Kier alpha value is -2.04. The molecule has 0 amide bonds. The molecule has 1 fully saturated rings. The topological polar surface area (TPSA) is 63.6 Å². The molecule has 1 N–H and O–H groups in total. The average molecular weight is 283 g/mol. The van der Waals surface area contributed by atoms with Crippen LogP contribution in [-0.2, 0) is 6.42 Å². The minimum Gasteiger partial charge on any atom is -0.351 e. The van der Waals surface area contributed by atoms with Gasteiger partial charge < -0.3 is 5.32 Å². The van der Waals surface area contributed by atoms with Gasteiger partial charge in [0, 0.05) is 48.9 Å². The summed E-state index contributed by atoms with van der Waals surface area (Å²) in [6.45, 7) is 2.11. The average Bonchev–Trinajstić information content (AvgIpc) is 3.02. The fourth-order valence-electron chi connectivity index (χ4n) is 2.91. The number of anilines is 1. The summed E-state index contributed by atoms with van der Waals surface area (Å²) in [6, 6.07) is 2.27. The first-order valence-corrected chi connectivity index (χ1v) is 7.65. The van der Waals surface area contributed by atoms with Crippen LogP contribution in [0.15, 0.2) is 30.9 Å². The maximum Gasteiger partial charge on any atom is 0.223 e. The number of nitrogens with zero attached hydrogens (tertiary/aromatic N) is 4. The van der Waals surface area contributed by atoms with Crippen LogP contribution >= 0.6 is 0 Å². The molecule has 0 aromatic carbocycles. The normalized spacial score (nSPS) is 16.8. The van der Waals surface area contributed by atoms with Gasteiger partial charge in [0.1, 0.15) is 0 Å². The van der Waals surface area contributed by atoms with Crippen molar-refractivity contribution in [3.8, 4) is 0 Å². The van der Waals surface area contributed by atoms with Crippen molar-refractivity contribution in [3.63, 3.8) is 0 Å². The lowest BCUT2D eigenvalue weighted by Crippen LogP contribution is -2.20. The number of nitrogens with one attached hydrogen (secondary N) is 1. The molecular formula is C16H21N5. The van der Waals surface area contributed by atoms with Crippen molar-refractivity contribution in [2.24, 2.45) is 0 Å². The quantitative estimate of drug-likeness (QED) is 0.914. The fraction of sp³-hybridized carbons (Fsp3) is 0.500. The van der Waals surface area contributed by atoms with Crippen LogP contribution < -0.4 is 5.32 Å². The predicted octanol–water partition coefficient (Wildman–Crippen LogP) is 2.97. The Bertz CT molecular complexity index is 566. The molecule has 0 saturated heterocycles. The summed E-state index contributed by atoms with van der Waals surface area (Å²) >= 11 is 0. The van der Waals surface area contributed by atoms with Crippen molar-refractivity contribution in [2.75, 3.05) is 5.32 Å². The first-order chi connectivity index (χ1) is 10.3. The summed E-state index contributed by atoms with van der Waals surface area (Å²) in [6.07, 6.45) is 13.0. The Morgan fingerprint density at radius 3 is 2.81 bits per heavy atom. The maximum atomic E-state index is 4.68. The van der Waals surface area contributed by atoms with E-state index in [1.807, 2.05) is 6.20 Å². The standard InChI is InChI=1S/C16H21N5/c1-12(10-14-11-17-8-9-18-14)20-16-19-7-6-15(21-16)13-4-2-3-5-13/h6-9,11-13H,2-5,10H2,1H3,(H,19,20,21)/t12-/m0/s1. The molecule has 0 radical (unpaired) electrons. The first kappa shape index (κ1) is 13.9. The highest BCUT2D eigenvalue weighted by atomic mass is 15.1. The fourth-order valence-corrected chi connectivity index (χ4v) is 2.91. The van der Waals surface area contributed by atoms with Crippen LogP contribution in [-0.4, -0.2) is 26.0 Å². The number of hydrogen-bond donors (Lipinski definition) is 1. The molecular weight excluding hydrogens is 262 g/mol. The van der Waals surface area contributed by atoms with Crippen molar-refractivity contribution in [3.05, 3.63) is 42.2 Å². The van der Waals surface area contributed by atoms with Crippen molar-refractivity contribution >= 4 is 5.95 Å². The molecule has 1 aliphatic carbocycles. The largest absolute Gasteiger partial charge is 0.351 e. The monoisotopic (exact) mass is 283 g/mol. The third kappa shape index (κ3) is 3.74. The maximum absolute atomic E-state index is 4.68. The molecule has 2 aromatic heterocycles. The second kappa shape index (κ2) is 6.61. The van der Waals surface area contributed by atoms with Gasteiger partial charge in [-0.25, -0.2) is 9.97 Å². The molecule has 5 heteroatoms. The van der Waals surface area contributed by atoms with Crippen LogP contribution in [0.3, 0.4) is 0 Å². The highest BCUT2D eigenvalue weighted by Crippen LogP contribution is 2.32. The third-order valence-electron chi connectivity index (χ3n) is 3.96. The molecule has 110 valence electrons. The minimum atomic E-state index is 0.223. The lowest BCUT2D eigenvalue weighted by atomic mass is 10.0. The molecule has 5 nitrogen and oxygen atoms in total. The molecule has 0 aliphatic heterocycles. The molecule has 2 heterocycles. The van der Waals surface area contributed by atoms with Gasteiger partial charge >= 0.3 is 0 Å². The summed E-state index contributed by atoms with van der Waals surface area (Å²) in [7, 11) is 0. The molecule has 3 rings (SSSR count). The van der Waals surface area contributed by atoms with Gasteiger partial charge in [-0.1, -0.05) is 12.8 Å². The van der Waals surface area contributed by atoms with E-state index >= 15 is 0 Å². The summed E-state index contributed by atoms with van der Waals surface area (Å²) in [4.78, 5) is 17.4. The van der Waals surface area contributed by atoms with Gasteiger partial charge in [0.15, 0.2) is 0 Å². The van der Waals surface area contributed by atoms with Crippen LogP contribution in [0.5, 0.6) is 0 Å². The smallest absolute Gasteiger partial charge is 0.223 e.